The zero-order valence-electron chi connectivity index (χ0n) is 19.9. The number of rotatable bonds is 7. The van der Waals surface area contributed by atoms with E-state index in [0.717, 1.165) is 22.5 Å². The number of alkyl halides is 3. The highest BCUT2D eigenvalue weighted by atomic mass is 32.2. The van der Waals surface area contributed by atoms with Crippen LogP contribution < -0.4 is 14.4 Å². The van der Waals surface area contributed by atoms with Crippen molar-refractivity contribution in [1.29, 1.82) is 0 Å². The van der Waals surface area contributed by atoms with Gasteiger partial charge in [0.2, 0.25) is 5.60 Å². The molecule has 1 amide bonds. The summed E-state index contributed by atoms with van der Waals surface area (Å²) in [6.45, 7) is 2.41. The van der Waals surface area contributed by atoms with E-state index in [1.54, 1.807) is 0 Å². The molecule has 14 heteroatoms. The molecule has 1 unspecified atom stereocenters. The zero-order valence-corrected chi connectivity index (χ0v) is 20.7. The molecule has 1 aliphatic heterocycles. The number of amides is 1. The van der Waals surface area contributed by atoms with Crippen molar-refractivity contribution < 1.29 is 50.1 Å². The van der Waals surface area contributed by atoms with Crippen LogP contribution in [0.2, 0.25) is 0 Å². The fourth-order valence-electron chi connectivity index (χ4n) is 3.39. The molecule has 2 aromatic rings. The molecule has 0 saturated heterocycles. The Morgan fingerprint density at radius 2 is 1.86 bits per heavy atom. The second kappa shape index (κ2) is 10.1. The summed E-state index contributed by atoms with van der Waals surface area (Å²) in [5.74, 6) is -1.70. The number of hydrogen-bond acceptors (Lipinski definition) is 6. The smallest absolute Gasteiger partial charge is 0.427 e. The molecule has 0 fully saturated rings. The Kier molecular flexibility index (Phi) is 7.63. The number of anilines is 2. The normalized spacial score (nSPS) is 16.0. The molecule has 0 radical (unpaired) electrons. The topological polar surface area (TPSA) is 122 Å². The molecule has 1 heterocycles. The van der Waals surface area contributed by atoms with Gasteiger partial charge in [-0.05, 0) is 69.2 Å². The minimum Gasteiger partial charge on any atom is -0.486 e. The zero-order chi connectivity index (χ0) is 27.8. The maximum absolute atomic E-state index is 13.8. The van der Waals surface area contributed by atoms with Crippen LogP contribution in [0.25, 0.3) is 0 Å². The van der Waals surface area contributed by atoms with Crippen LogP contribution in [0, 0.1) is 12.7 Å². The summed E-state index contributed by atoms with van der Waals surface area (Å²) in [5.41, 5.74) is -2.88. The third-order valence-electron chi connectivity index (χ3n) is 5.57. The number of nitrogens with zero attached hydrogens (tertiary/aromatic N) is 1. The monoisotopic (exact) mass is 548 g/mol. The Hall–Kier alpha value is -3.55. The highest BCUT2D eigenvalue weighted by molar-refractivity contribution is 7.92. The van der Waals surface area contributed by atoms with Crippen molar-refractivity contribution in [2.75, 3.05) is 16.2 Å². The number of hydrogen-bond donors (Lipinski definition) is 2. The molecule has 0 aliphatic carbocycles. The molecule has 37 heavy (non-hydrogen) atoms. The van der Waals surface area contributed by atoms with Gasteiger partial charge in [0, 0.05) is 12.1 Å². The van der Waals surface area contributed by atoms with Crippen molar-refractivity contribution in [2.24, 2.45) is 0 Å². The number of fused-ring (bicyclic) bond motifs is 1. The molecule has 2 N–H and O–H groups in total. The van der Waals surface area contributed by atoms with E-state index in [9.17, 15) is 35.6 Å². The number of sulfonamides is 1. The van der Waals surface area contributed by atoms with E-state index >= 15 is 0 Å². The van der Waals surface area contributed by atoms with Gasteiger partial charge in [0.05, 0.1) is 17.1 Å². The van der Waals surface area contributed by atoms with E-state index in [0.29, 0.717) is 13.8 Å². The number of aryl methyl sites for hydroxylation is 1. The summed E-state index contributed by atoms with van der Waals surface area (Å²) in [4.78, 5) is 22.9. The molecular weight excluding hydrogens is 524 g/mol. The minimum atomic E-state index is -4.84. The van der Waals surface area contributed by atoms with Gasteiger partial charge in [-0.3, -0.25) is 14.4 Å². The fraction of sp³-hybridized carbons (Fsp3) is 0.391. The van der Waals surface area contributed by atoms with Gasteiger partial charge in [-0.1, -0.05) is 0 Å². The molecule has 0 bridgehead atoms. The van der Waals surface area contributed by atoms with Gasteiger partial charge in [0.1, 0.15) is 17.7 Å². The third-order valence-corrected chi connectivity index (χ3v) is 7.34. The highest BCUT2D eigenvalue weighted by Crippen LogP contribution is 2.40. The second-order valence-electron chi connectivity index (χ2n) is 8.82. The lowest BCUT2D eigenvalue weighted by atomic mass is 10.1. The lowest BCUT2D eigenvalue weighted by Crippen LogP contribution is -2.44. The van der Waals surface area contributed by atoms with Crippen molar-refractivity contribution in [3.05, 3.63) is 47.8 Å². The molecule has 2 aromatic carbocycles. The highest BCUT2D eigenvalue weighted by Gasteiger charge is 2.51. The summed E-state index contributed by atoms with van der Waals surface area (Å²) in [6, 6.07) is 6.89. The number of carbonyl (C=O) groups excluding carboxylic acids is 1. The predicted molar refractivity (Wildman–Crippen MR) is 124 cm³/mol. The molecule has 0 saturated carbocycles. The largest absolute Gasteiger partial charge is 0.486 e. The maximum atomic E-state index is 13.8. The Labute approximate surface area is 210 Å². The molecule has 1 aliphatic rings. The number of halogens is 4. The van der Waals surface area contributed by atoms with Crippen LogP contribution in [0.1, 0.15) is 32.3 Å². The average Bonchev–Trinajstić information content (AvgIpc) is 2.77. The molecule has 202 valence electrons. The molecule has 3 rings (SSSR count). The van der Waals surface area contributed by atoms with E-state index in [1.165, 1.54) is 25.1 Å². The van der Waals surface area contributed by atoms with E-state index in [2.05, 4.69) is 10.1 Å². The van der Waals surface area contributed by atoms with E-state index in [1.807, 2.05) is 0 Å². The lowest BCUT2D eigenvalue weighted by Gasteiger charge is -2.35. The van der Waals surface area contributed by atoms with Gasteiger partial charge in [-0.15, -0.1) is 0 Å². The fourth-order valence-corrected chi connectivity index (χ4v) is 4.97. The van der Waals surface area contributed by atoms with E-state index in [4.69, 9.17) is 9.84 Å². The standard InChI is InChI=1S/C23H24F4N2O7S/c1-13-10-16(6-7-17(13)24)37(33,34)29-12-15(5-9-20(30)31)35-19-8-4-14(11-18(19)29)28-21(32)36-22(2,3)23(25,26)27/h4,6-8,10-11,15H,5,9,12H2,1-3H3,(H,28,32)(H,30,31). The Morgan fingerprint density at radius 3 is 2.46 bits per heavy atom. The SMILES string of the molecule is Cc1cc(S(=O)(=O)N2CC(CCC(=O)O)Oc3ccc(NC(=O)OC(C)(C)C(F)(F)F)cc32)ccc1F. The minimum absolute atomic E-state index is 0.0257. The first-order valence-corrected chi connectivity index (χ1v) is 12.3. The van der Waals surface area contributed by atoms with Crippen molar-refractivity contribution in [3.63, 3.8) is 0 Å². The first-order chi connectivity index (χ1) is 17.0. The van der Waals surface area contributed by atoms with Crippen LogP contribution >= 0.6 is 0 Å². The Bertz CT molecular complexity index is 1310. The van der Waals surface area contributed by atoms with Crippen LogP contribution in [0.3, 0.4) is 0 Å². The second-order valence-corrected chi connectivity index (χ2v) is 10.7. The summed E-state index contributed by atoms with van der Waals surface area (Å²) in [5, 5.41) is 11.1. The number of aliphatic carboxylic acids is 1. The number of nitrogens with one attached hydrogen (secondary N) is 1. The molecule has 1 atom stereocenters. The van der Waals surface area contributed by atoms with E-state index in [-0.39, 0.29) is 47.0 Å². The van der Waals surface area contributed by atoms with Crippen LogP contribution in [-0.2, 0) is 19.6 Å². The average molecular weight is 549 g/mol. The van der Waals surface area contributed by atoms with Gasteiger partial charge in [-0.25, -0.2) is 17.6 Å². The number of benzene rings is 2. The molecule has 0 spiro atoms. The summed E-state index contributed by atoms with van der Waals surface area (Å²) in [7, 11) is -4.33. The van der Waals surface area contributed by atoms with E-state index < -0.39 is 45.8 Å². The van der Waals surface area contributed by atoms with Crippen LogP contribution in [0.15, 0.2) is 41.3 Å². The van der Waals surface area contributed by atoms with Gasteiger partial charge in [0.15, 0.2) is 0 Å². The number of ether oxygens (including phenoxy) is 2. The molecule has 0 aromatic heterocycles. The van der Waals surface area contributed by atoms with Crippen LogP contribution in [0.4, 0.5) is 33.7 Å². The van der Waals surface area contributed by atoms with Crippen LogP contribution in [0.5, 0.6) is 5.75 Å². The summed E-state index contributed by atoms with van der Waals surface area (Å²) in [6.07, 6.45) is -7.44. The lowest BCUT2D eigenvalue weighted by molar-refractivity contribution is -0.242. The van der Waals surface area contributed by atoms with Crippen molar-refractivity contribution in [2.45, 2.75) is 56.4 Å². The number of carbonyl (C=O) groups is 2. The summed E-state index contributed by atoms with van der Waals surface area (Å²) < 4.78 is 91.1. The quantitative estimate of drug-likeness (QED) is 0.475. The van der Waals surface area contributed by atoms with Gasteiger partial charge < -0.3 is 14.6 Å². The van der Waals surface area contributed by atoms with Crippen molar-refractivity contribution >= 4 is 33.5 Å². The maximum Gasteiger partial charge on any atom is 0.427 e. The van der Waals surface area contributed by atoms with Crippen molar-refractivity contribution in [3.8, 4) is 5.75 Å². The summed E-state index contributed by atoms with van der Waals surface area (Å²) >= 11 is 0. The first kappa shape index (κ1) is 28.0. The Balaban J connectivity index is 1.97. The van der Waals surface area contributed by atoms with Gasteiger partial charge in [0.25, 0.3) is 10.0 Å². The van der Waals surface area contributed by atoms with Crippen molar-refractivity contribution in [1.82, 2.24) is 0 Å². The molecular formula is C23H24F4N2O7S. The third kappa shape index (κ3) is 6.24. The van der Waals surface area contributed by atoms with Crippen LogP contribution in [-0.4, -0.2) is 50.0 Å². The number of carboxylic acid groups (broad SMARTS) is 1. The molecule has 9 nitrogen and oxygen atoms in total. The first-order valence-electron chi connectivity index (χ1n) is 10.9. The number of carboxylic acids is 1. The van der Waals surface area contributed by atoms with Gasteiger partial charge >= 0.3 is 18.2 Å². The Morgan fingerprint density at radius 1 is 1.19 bits per heavy atom. The van der Waals surface area contributed by atoms with Gasteiger partial charge in [-0.2, -0.15) is 13.2 Å². The predicted octanol–water partition coefficient (Wildman–Crippen LogP) is 4.84.